The first-order valence-corrected chi connectivity index (χ1v) is 8.09. The van der Waals surface area contributed by atoms with Crippen LogP contribution in [0.1, 0.15) is 28.8 Å². The molecule has 0 bridgehead atoms. The van der Waals surface area contributed by atoms with Gasteiger partial charge in [0.25, 0.3) is 5.97 Å². The smallest absolute Gasteiger partial charge is 0.300 e. The summed E-state index contributed by atoms with van der Waals surface area (Å²) in [6, 6.07) is 10.3. The number of nitrogens with zero attached hydrogens (tertiary/aromatic N) is 3. The molecule has 2 heterocycles. The molecule has 122 valence electrons. The molecule has 0 aliphatic rings. The van der Waals surface area contributed by atoms with Crippen LogP contribution in [0.5, 0.6) is 0 Å². The number of hydrogen-bond donors (Lipinski definition) is 1. The summed E-state index contributed by atoms with van der Waals surface area (Å²) < 4.78 is 1.16. The van der Waals surface area contributed by atoms with Gasteiger partial charge in [0, 0.05) is 18.2 Å². The fourth-order valence-electron chi connectivity index (χ4n) is 2.38. The first kappa shape index (κ1) is 17.6. The van der Waals surface area contributed by atoms with Crippen molar-refractivity contribution in [3.63, 3.8) is 0 Å². The molecule has 0 aliphatic carbocycles. The van der Waals surface area contributed by atoms with Crippen LogP contribution in [-0.4, -0.2) is 21.0 Å². The van der Waals surface area contributed by atoms with Crippen molar-refractivity contribution in [1.82, 2.24) is 9.97 Å². The third kappa shape index (κ3) is 3.94. The Kier molecular flexibility index (Phi) is 5.27. The van der Waals surface area contributed by atoms with Crippen molar-refractivity contribution >= 4 is 27.5 Å². The van der Waals surface area contributed by atoms with E-state index < -0.39 is 5.97 Å². The second-order valence-electron chi connectivity index (χ2n) is 5.35. The molecule has 3 rings (SSSR count). The molecule has 6 heteroatoms. The van der Waals surface area contributed by atoms with Crippen molar-refractivity contribution < 1.29 is 9.90 Å². The fourth-order valence-corrected chi connectivity index (χ4v) is 3.18. The predicted molar refractivity (Wildman–Crippen MR) is 95.1 cm³/mol. The lowest BCUT2D eigenvalue weighted by molar-refractivity contribution is -0.134. The number of carboxylic acid groups (broad SMARTS) is 1. The number of rotatable bonds is 1. The number of aromatic nitrogens is 2. The zero-order valence-corrected chi connectivity index (χ0v) is 14.7. The van der Waals surface area contributed by atoms with Crippen molar-refractivity contribution in [2.45, 2.75) is 27.7 Å². The quantitative estimate of drug-likeness (QED) is 0.716. The number of carboxylic acids is 1. The summed E-state index contributed by atoms with van der Waals surface area (Å²) in [5.74, 6) is -0.833. The lowest BCUT2D eigenvalue weighted by atomic mass is 10.0. The van der Waals surface area contributed by atoms with Crippen LogP contribution in [0.2, 0.25) is 0 Å². The second kappa shape index (κ2) is 7.20. The maximum absolute atomic E-state index is 9.37. The van der Waals surface area contributed by atoms with Crippen LogP contribution >= 0.6 is 11.3 Å². The zero-order valence-electron chi connectivity index (χ0n) is 13.9. The minimum atomic E-state index is -0.833. The third-order valence-corrected chi connectivity index (χ3v) is 4.18. The highest BCUT2D eigenvalue weighted by Gasteiger charge is 2.12. The Balaban J connectivity index is 0.000000471. The molecule has 0 unspecified atom stereocenters. The van der Waals surface area contributed by atoms with Crippen LogP contribution in [0, 0.1) is 32.1 Å². The van der Waals surface area contributed by atoms with E-state index in [0.717, 1.165) is 44.7 Å². The van der Waals surface area contributed by atoms with Gasteiger partial charge in [0.1, 0.15) is 6.07 Å². The summed E-state index contributed by atoms with van der Waals surface area (Å²) in [4.78, 5) is 18.0. The Morgan fingerprint density at radius 1 is 1.21 bits per heavy atom. The molecule has 3 aromatic rings. The molecule has 0 saturated heterocycles. The molecule has 5 nitrogen and oxygen atoms in total. The van der Waals surface area contributed by atoms with Crippen LogP contribution in [0.4, 0.5) is 0 Å². The predicted octanol–water partition coefficient (Wildman–Crippen LogP) is 4.25. The van der Waals surface area contributed by atoms with Gasteiger partial charge in [0.05, 0.1) is 26.5 Å². The van der Waals surface area contributed by atoms with Gasteiger partial charge in [0.15, 0.2) is 0 Å². The molecule has 0 amide bonds. The molecule has 0 atom stereocenters. The number of pyridine rings is 1. The Morgan fingerprint density at radius 3 is 2.50 bits per heavy atom. The highest BCUT2D eigenvalue weighted by atomic mass is 32.1. The van der Waals surface area contributed by atoms with Gasteiger partial charge in [-0.05, 0) is 44.5 Å². The van der Waals surface area contributed by atoms with E-state index in [1.165, 1.54) is 0 Å². The Morgan fingerprint density at radius 2 is 1.88 bits per heavy atom. The molecule has 2 aromatic heterocycles. The van der Waals surface area contributed by atoms with Crippen molar-refractivity contribution in [3.8, 4) is 17.3 Å². The van der Waals surface area contributed by atoms with E-state index in [-0.39, 0.29) is 0 Å². The van der Waals surface area contributed by atoms with Crippen LogP contribution < -0.4 is 0 Å². The fraction of sp³-hybridized carbons (Fsp3) is 0.222. The SMILES string of the molecule is CC(=O)O.Cc1cc(C)c(C#N)c(-c2ccc3sc(C)nc3c2)n1. The molecule has 0 aliphatic heterocycles. The van der Waals surface area contributed by atoms with E-state index in [2.05, 4.69) is 22.1 Å². The van der Waals surface area contributed by atoms with E-state index in [1.807, 2.05) is 39.0 Å². The highest BCUT2D eigenvalue weighted by molar-refractivity contribution is 7.18. The first-order chi connectivity index (χ1) is 11.3. The minimum absolute atomic E-state index is 0.641. The lowest BCUT2D eigenvalue weighted by Crippen LogP contribution is -1.95. The number of thiazole rings is 1. The maximum atomic E-state index is 9.37. The number of carbonyl (C=O) groups is 1. The summed E-state index contributed by atoms with van der Waals surface area (Å²) in [6.07, 6.45) is 0. The third-order valence-electron chi connectivity index (χ3n) is 3.22. The van der Waals surface area contributed by atoms with Crippen molar-refractivity contribution in [2.75, 3.05) is 0 Å². The van der Waals surface area contributed by atoms with Crippen LogP contribution in [-0.2, 0) is 4.79 Å². The first-order valence-electron chi connectivity index (χ1n) is 7.27. The second-order valence-corrected chi connectivity index (χ2v) is 6.59. The van der Waals surface area contributed by atoms with Crippen LogP contribution in [0.3, 0.4) is 0 Å². The molecule has 0 spiro atoms. The molecule has 1 aromatic carbocycles. The van der Waals surface area contributed by atoms with E-state index in [1.54, 1.807) is 11.3 Å². The number of fused-ring (bicyclic) bond motifs is 1. The van der Waals surface area contributed by atoms with E-state index in [4.69, 9.17) is 9.90 Å². The van der Waals surface area contributed by atoms with Crippen LogP contribution in [0.25, 0.3) is 21.5 Å². The molecular formula is C18H17N3O2S. The summed E-state index contributed by atoms with van der Waals surface area (Å²) in [7, 11) is 0. The number of nitriles is 1. The number of hydrogen-bond acceptors (Lipinski definition) is 5. The zero-order chi connectivity index (χ0) is 17.9. The van der Waals surface area contributed by atoms with Crippen molar-refractivity contribution in [3.05, 3.63) is 46.1 Å². The molecule has 1 N–H and O–H groups in total. The molecule has 0 saturated carbocycles. The highest BCUT2D eigenvalue weighted by Crippen LogP contribution is 2.29. The van der Waals surface area contributed by atoms with Gasteiger partial charge in [-0.3, -0.25) is 9.78 Å². The average Bonchev–Trinajstić information content (AvgIpc) is 2.85. The lowest BCUT2D eigenvalue weighted by Gasteiger charge is -2.07. The van der Waals surface area contributed by atoms with E-state index >= 15 is 0 Å². The van der Waals surface area contributed by atoms with Gasteiger partial charge in [-0.25, -0.2) is 4.98 Å². The normalized spacial score (nSPS) is 9.96. The Hall–Kier alpha value is -2.78. The van der Waals surface area contributed by atoms with Gasteiger partial charge in [0.2, 0.25) is 0 Å². The minimum Gasteiger partial charge on any atom is -0.481 e. The van der Waals surface area contributed by atoms with Gasteiger partial charge in [-0.2, -0.15) is 5.26 Å². The number of benzene rings is 1. The van der Waals surface area contributed by atoms with E-state index in [9.17, 15) is 5.26 Å². The Labute approximate surface area is 144 Å². The standard InChI is InChI=1S/C16H13N3S.C2H4O2/c1-9-6-10(2)18-16(13(9)8-17)12-4-5-15-14(7-12)19-11(3)20-15;1-2(3)4/h4-7H,1-3H3;1H3,(H,3,4). The largest absolute Gasteiger partial charge is 0.481 e. The van der Waals surface area contributed by atoms with Crippen LogP contribution in [0.15, 0.2) is 24.3 Å². The van der Waals surface area contributed by atoms with Crippen molar-refractivity contribution in [2.24, 2.45) is 0 Å². The molecule has 0 fully saturated rings. The Bertz CT molecular complexity index is 951. The monoisotopic (exact) mass is 339 g/mol. The molecule has 0 radical (unpaired) electrons. The number of aliphatic carboxylic acids is 1. The topological polar surface area (TPSA) is 86.9 Å². The van der Waals surface area contributed by atoms with Gasteiger partial charge < -0.3 is 5.11 Å². The van der Waals surface area contributed by atoms with Gasteiger partial charge in [-0.15, -0.1) is 11.3 Å². The summed E-state index contributed by atoms with van der Waals surface area (Å²) in [6.45, 7) is 6.98. The molecule has 24 heavy (non-hydrogen) atoms. The van der Waals surface area contributed by atoms with Gasteiger partial charge in [-0.1, -0.05) is 6.07 Å². The number of aryl methyl sites for hydroxylation is 3. The van der Waals surface area contributed by atoms with E-state index in [0.29, 0.717) is 5.56 Å². The van der Waals surface area contributed by atoms with Gasteiger partial charge >= 0.3 is 0 Å². The summed E-state index contributed by atoms with van der Waals surface area (Å²) >= 11 is 1.68. The molecular weight excluding hydrogens is 322 g/mol. The average molecular weight is 339 g/mol. The summed E-state index contributed by atoms with van der Waals surface area (Å²) in [5, 5.41) is 17.8. The summed E-state index contributed by atoms with van der Waals surface area (Å²) in [5.41, 5.74) is 5.19. The van der Waals surface area contributed by atoms with Crippen molar-refractivity contribution in [1.29, 1.82) is 5.26 Å². The maximum Gasteiger partial charge on any atom is 0.300 e.